The average molecular weight is 324 g/mol. The summed E-state index contributed by atoms with van der Waals surface area (Å²) in [6, 6.07) is 13.9. The molecule has 0 amide bonds. The van der Waals surface area contributed by atoms with Crippen LogP contribution in [-0.4, -0.2) is 23.5 Å². The summed E-state index contributed by atoms with van der Waals surface area (Å²) in [5.41, 5.74) is 1.77. The topological polar surface area (TPSA) is 76.7 Å². The van der Waals surface area contributed by atoms with Gasteiger partial charge in [-0.05, 0) is 30.3 Å². The molecular formula is C19H16O5. The lowest BCUT2D eigenvalue weighted by Crippen LogP contribution is -2.09. The first-order chi connectivity index (χ1) is 11.6. The fourth-order valence-corrected chi connectivity index (χ4v) is 2.59. The summed E-state index contributed by atoms with van der Waals surface area (Å²) in [4.78, 5) is 23.4. The second-order valence-electron chi connectivity index (χ2n) is 5.29. The minimum absolute atomic E-state index is 0.124. The number of carbonyl (C=O) groups excluding carboxylic acids is 1. The van der Waals surface area contributed by atoms with E-state index in [-0.39, 0.29) is 5.78 Å². The summed E-state index contributed by atoms with van der Waals surface area (Å²) in [6.45, 7) is 1.52. The number of rotatable bonds is 6. The molecule has 1 heterocycles. The van der Waals surface area contributed by atoms with Gasteiger partial charge in [0.15, 0.2) is 12.4 Å². The van der Waals surface area contributed by atoms with Gasteiger partial charge >= 0.3 is 5.97 Å². The number of carboxylic acids is 1. The molecule has 0 spiro atoms. The molecular weight excluding hydrogens is 308 g/mol. The minimum atomic E-state index is -1.05. The Hall–Kier alpha value is -3.08. The molecule has 0 fully saturated rings. The van der Waals surface area contributed by atoms with Crippen LogP contribution < -0.4 is 4.74 Å². The maximum absolute atomic E-state index is 12.9. The Labute approximate surface area is 138 Å². The lowest BCUT2D eigenvalue weighted by molar-refractivity contribution is -0.139. The van der Waals surface area contributed by atoms with Crippen LogP contribution in [0.15, 0.2) is 52.9 Å². The molecule has 122 valence electrons. The molecule has 24 heavy (non-hydrogen) atoms. The van der Waals surface area contributed by atoms with E-state index in [4.69, 9.17) is 14.3 Å². The molecule has 1 N–H and O–H groups in total. The minimum Gasteiger partial charge on any atom is -0.482 e. The number of ether oxygens (including phenoxy) is 1. The van der Waals surface area contributed by atoms with Crippen LogP contribution >= 0.6 is 0 Å². The van der Waals surface area contributed by atoms with Crippen LogP contribution in [0, 0.1) is 0 Å². The Bertz CT molecular complexity index is 890. The summed E-state index contributed by atoms with van der Waals surface area (Å²) >= 11 is 0. The first kappa shape index (κ1) is 15.8. The van der Waals surface area contributed by atoms with E-state index in [1.807, 2.05) is 31.2 Å². The quantitative estimate of drug-likeness (QED) is 0.700. The predicted octanol–water partition coefficient (Wildman–Crippen LogP) is 3.69. The number of ketones is 1. The van der Waals surface area contributed by atoms with Crippen LogP contribution in [0.3, 0.4) is 0 Å². The van der Waals surface area contributed by atoms with E-state index in [1.54, 1.807) is 24.3 Å². The molecule has 5 nitrogen and oxygen atoms in total. The van der Waals surface area contributed by atoms with Gasteiger partial charge in [0.1, 0.15) is 17.1 Å². The molecule has 5 heteroatoms. The van der Waals surface area contributed by atoms with E-state index in [0.29, 0.717) is 34.6 Å². The van der Waals surface area contributed by atoms with Crippen LogP contribution in [0.1, 0.15) is 28.6 Å². The summed E-state index contributed by atoms with van der Waals surface area (Å²) in [7, 11) is 0. The highest BCUT2D eigenvalue weighted by Gasteiger charge is 2.20. The first-order valence-electron chi connectivity index (χ1n) is 7.60. The number of hydrogen-bond donors (Lipinski definition) is 1. The number of furan rings is 1. The van der Waals surface area contributed by atoms with Gasteiger partial charge in [0, 0.05) is 17.4 Å². The number of para-hydroxylation sites is 1. The van der Waals surface area contributed by atoms with Crippen molar-refractivity contribution in [2.24, 2.45) is 0 Å². The van der Waals surface area contributed by atoms with Crippen molar-refractivity contribution in [2.75, 3.05) is 6.61 Å². The van der Waals surface area contributed by atoms with E-state index in [9.17, 15) is 9.59 Å². The second kappa shape index (κ2) is 6.58. The van der Waals surface area contributed by atoms with Crippen molar-refractivity contribution < 1.29 is 23.8 Å². The number of carboxylic acid groups (broad SMARTS) is 1. The molecule has 0 saturated heterocycles. The van der Waals surface area contributed by atoms with E-state index in [0.717, 1.165) is 5.39 Å². The number of fused-ring (bicyclic) bond motifs is 1. The maximum atomic E-state index is 12.9. The molecule has 0 radical (unpaired) electrons. The van der Waals surface area contributed by atoms with Crippen molar-refractivity contribution in [3.05, 3.63) is 65.4 Å². The number of aryl methyl sites for hydroxylation is 1. The molecule has 1 aromatic heterocycles. The second-order valence-corrected chi connectivity index (χ2v) is 5.29. The van der Waals surface area contributed by atoms with Gasteiger partial charge < -0.3 is 14.3 Å². The predicted molar refractivity (Wildman–Crippen MR) is 88.6 cm³/mol. The highest BCUT2D eigenvalue weighted by molar-refractivity contribution is 6.16. The van der Waals surface area contributed by atoms with Crippen molar-refractivity contribution >= 4 is 22.7 Å². The van der Waals surface area contributed by atoms with Crippen LogP contribution in [0.5, 0.6) is 5.75 Å². The normalized spacial score (nSPS) is 10.7. The van der Waals surface area contributed by atoms with Crippen LogP contribution in [0.2, 0.25) is 0 Å². The van der Waals surface area contributed by atoms with Gasteiger partial charge in [-0.15, -0.1) is 0 Å². The van der Waals surface area contributed by atoms with E-state index in [2.05, 4.69) is 0 Å². The Morgan fingerprint density at radius 2 is 1.79 bits per heavy atom. The Balaban J connectivity index is 1.93. The lowest BCUT2D eigenvalue weighted by atomic mass is 9.99. The lowest BCUT2D eigenvalue weighted by Gasteiger charge is -2.05. The van der Waals surface area contributed by atoms with Gasteiger partial charge in [0.25, 0.3) is 0 Å². The fraction of sp³-hybridized carbons (Fsp3) is 0.158. The number of carbonyl (C=O) groups is 2. The van der Waals surface area contributed by atoms with Gasteiger partial charge in [-0.25, -0.2) is 4.79 Å². The summed E-state index contributed by atoms with van der Waals surface area (Å²) in [5.74, 6) is -0.108. The first-order valence-corrected chi connectivity index (χ1v) is 7.60. The zero-order valence-electron chi connectivity index (χ0n) is 13.1. The van der Waals surface area contributed by atoms with E-state index in [1.165, 1.54) is 0 Å². The van der Waals surface area contributed by atoms with Gasteiger partial charge in [-0.3, -0.25) is 4.79 Å². The van der Waals surface area contributed by atoms with Gasteiger partial charge in [-0.1, -0.05) is 25.1 Å². The van der Waals surface area contributed by atoms with Crippen molar-refractivity contribution in [2.45, 2.75) is 13.3 Å². The van der Waals surface area contributed by atoms with Crippen molar-refractivity contribution in [1.29, 1.82) is 0 Å². The standard InChI is InChI=1S/C19H16O5/c1-2-15-18(14-5-3-4-6-16(14)24-15)19(22)12-7-9-13(10-8-12)23-11-17(20)21/h3-10H,2,11H2,1H3,(H,20,21). The highest BCUT2D eigenvalue weighted by Crippen LogP contribution is 2.29. The molecule has 0 bridgehead atoms. The summed E-state index contributed by atoms with van der Waals surface area (Å²) < 4.78 is 10.8. The monoisotopic (exact) mass is 324 g/mol. The molecule has 0 unspecified atom stereocenters. The highest BCUT2D eigenvalue weighted by atomic mass is 16.5. The molecule has 0 saturated carbocycles. The third-order valence-corrected chi connectivity index (χ3v) is 3.70. The van der Waals surface area contributed by atoms with E-state index < -0.39 is 12.6 Å². The molecule has 0 aliphatic carbocycles. The van der Waals surface area contributed by atoms with Crippen LogP contribution in [-0.2, 0) is 11.2 Å². The zero-order valence-corrected chi connectivity index (χ0v) is 13.1. The number of hydrogen-bond acceptors (Lipinski definition) is 4. The van der Waals surface area contributed by atoms with Crippen molar-refractivity contribution in [1.82, 2.24) is 0 Å². The van der Waals surface area contributed by atoms with Gasteiger partial charge in [0.05, 0.1) is 5.56 Å². The largest absolute Gasteiger partial charge is 0.482 e. The SMILES string of the molecule is CCc1oc2ccccc2c1C(=O)c1ccc(OCC(=O)O)cc1. The van der Waals surface area contributed by atoms with Crippen molar-refractivity contribution in [3.63, 3.8) is 0 Å². The number of aliphatic carboxylic acids is 1. The molecule has 0 aliphatic heterocycles. The van der Waals surface area contributed by atoms with Crippen LogP contribution in [0.4, 0.5) is 0 Å². The Morgan fingerprint density at radius 3 is 2.46 bits per heavy atom. The molecule has 3 rings (SSSR count). The molecule has 0 atom stereocenters. The molecule has 3 aromatic rings. The summed E-state index contributed by atoms with van der Waals surface area (Å²) in [5, 5.41) is 9.41. The smallest absolute Gasteiger partial charge is 0.341 e. The third-order valence-electron chi connectivity index (χ3n) is 3.70. The molecule has 0 aliphatic rings. The van der Waals surface area contributed by atoms with Crippen molar-refractivity contribution in [3.8, 4) is 5.75 Å². The fourth-order valence-electron chi connectivity index (χ4n) is 2.59. The number of benzene rings is 2. The summed E-state index contributed by atoms with van der Waals surface area (Å²) in [6.07, 6.45) is 0.621. The average Bonchev–Trinajstić information content (AvgIpc) is 2.98. The third kappa shape index (κ3) is 3.01. The van der Waals surface area contributed by atoms with Gasteiger partial charge in [0.2, 0.25) is 0 Å². The zero-order chi connectivity index (χ0) is 17.1. The maximum Gasteiger partial charge on any atom is 0.341 e. The van der Waals surface area contributed by atoms with Crippen LogP contribution in [0.25, 0.3) is 11.0 Å². The van der Waals surface area contributed by atoms with E-state index >= 15 is 0 Å². The Morgan fingerprint density at radius 1 is 1.08 bits per heavy atom. The molecule has 2 aromatic carbocycles. The van der Waals surface area contributed by atoms with Gasteiger partial charge in [-0.2, -0.15) is 0 Å². The Kier molecular flexibility index (Phi) is 4.33.